The van der Waals surface area contributed by atoms with Crippen molar-refractivity contribution >= 4 is 39.8 Å². The Hall–Kier alpha value is -5.35. The van der Waals surface area contributed by atoms with E-state index in [2.05, 4.69) is 37.1 Å². The number of hydrazone groups is 1. The van der Waals surface area contributed by atoms with Crippen LogP contribution in [0, 0.1) is 10.1 Å². The maximum atomic E-state index is 12.5. The van der Waals surface area contributed by atoms with E-state index in [-0.39, 0.29) is 24.5 Å². The second-order valence-electron chi connectivity index (χ2n) is 10.4. The monoisotopic (exact) mass is 741 g/mol. The first-order chi connectivity index (χ1) is 23.5. The first-order valence-corrected chi connectivity index (χ1v) is 15.9. The number of urea groups is 1. The van der Waals surface area contributed by atoms with Crippen LogP contribution in [0.5, 0.6) is 23.0 Å². The predicted molar refractivity (Wildman–Crippen MR) is 182 cm³/mol. The highest BCUT2D eigenvalue weighted by Gasteiger charge is 2.32. The molecule has 0 aromatic heterocycles. The Morgan fingerprint density at radius 3 is 2.45 bits per heavy atom. The van der Waals surface area contributed by atoms with Gasteiger partial charge >= 0.3 is 12.0 Å². The molecular formula is C33H36BrN5O10. The summed E-state index contributed by atoms with van der Waals surface area (Å²) < 4.78 is 28.8. The molecule has 0 spiro atoms. The molecular weight excluding hydrogens is 706 g/mol. The summed E-state index contributed by atoms with van der Waals surface area (Å²) in [7, 11) is 1.26. The molecule has 49 heavy (non-hydrogen) atoms. The van der Waals surface area contributed by atoms with Crippen LogP contribution in [0.4, 0.5) is 10.5 Å². The van der Waals surface area contributed by atoms with Crippen molar-refractivity contribution in [1.29, 1.82) is 0 Å². The van der Waals surface area contributed by atoms with E-state index in [9.17, 15) is 24.8 Å². The SMILES string of the molecule is CCOc1cc([C@@H]2NC(=O)NC(C)=C2C(=O)OC)ccc1OC[C@@H](O)N/N=C\c1cc(Br)c(OCc2ccc([N+](=O)[O-])cc2)c(OCC)c1. The molecule has 1 heterocycles. The van der Waals surface area contributed by atoms with Crippen LogP contribution in [0.15, 0.2) is 75.4 Å². The zero-order valence-corrected chi connectivity index (χ0v) is 28.7. The number of nitrogens with zero attached hydrogens (tertiary/aromatic N) is 2. The van der Waals surface area contributed by atoms with E-state index in [0.717, 1.165) is 5.56 Å². The Balaban J connectivity index is 1.39. The van der Waals surface area contributed by atoms with Gasteiger partial charge in [0.25, 0.3) is 5.69 Å². The third kappa shape index (κ3) is 9.61. The number of carbonyl (C=O) groups excluding carboxylic acids is 2. The van der Waals surface area contributed by atoms with E-state index in [1.54, 1.807) is 56.3 Å². The van der Waals surface area contributed by atoms with Gasteiger partial charge in [0.15, 0.2) is 29.2 Å². The molecule has 3 aromatic carbocycles. The van der Waals surface area contributed by atoms with Gasteiger partial charge in [0.2, 0.25) is 0 Å². The first kappa shape index (κ1) is 36.5. The smallest absolute Gasteiger partial charge is 0.337 e. The van der Waals surface area contributed by atoms with Gasteiger partial charge in [0.1, 0.15) is 13.2 Å². The minimum absolute atomic E-state index is 0.00662. The maximum Gasteiger partial charge on any atom is 0.337 e. The van der Waals surface area contributed by atoms with Gasteiger partial charge in [0.05, 0.1) is 47.5 Å². The van der Waals surface area contributed by atoms with Crippen LogP contribution >= 0.6 is 15.9 Å². The van der Waals surface area contributed by atoms with Gasteiger partial charge in [-0.25, -0.2) is 9.59 Å². The third-order valence-corrected chi connectivity index (χ3v) is 7.56. The number of non-ortho nitro benzene ring substituents is 1. The van der Waals surface area contributed by atoms with Crippen molar-refractivity contribution in [3.05, 3.63) is 97.1 Å². The van der Waals surface area contributed by atoms with Gasteiger partial charge in [-0.05, 0) is 89.8 Å². The lowest BCUT2D eigenvalue weighted by Crippen LogP contribution is -2.45. The predicted octanol–water partition coefficient (Wildman–Crippen LogP) is 4.86. The Bertz CT molecular complexity index is 1730. The van der Waals surface area contributed by atoms with Crippen LogP contribution in [0.2, 0.25) is 0 Å². The number of aliphatic hydroxyl groups is 1. The van der Waals surface area contributed by atoms with Crippen LogP contribution in [0.1, 0.15) is 43.5 Å². The highest BCUT2D eigenvalue weighted by Crippen LogP contribution is 2.38. The minimum Gasteiger partial charge on any atom is -0.490 e. The van der Waals surface area contributed by atoms with E-state index >= 15 is 0 Å². The fraction of sp³-hybridized carbons (Fsp3) is 0.303. The van der Waals surface area contributed by atoms with Crippen LogP contribution in [-0.2, 0) is 16.1 Å². The molecule has 4 rings (SSSR count). The van der Waals surface area contributed by atoms with Crippen molar-refractivity contribution in [2.45, 2.75) is 39.6 Å². The lowest BCUT2D eigenvalue weighted by molar-refractivity contribution is -0.384. The molecule has 0 unspecified atom stereocenters. The summed E-state index contributed by atoms with van der Waals surface area (Å²) in [5.74, 6) is 0.975. The van der Waals surface area contributed by atoms with Crippen molar-refractivity contribution in [1.82, 2.24) is 16.1 Å². The topological polar surface area (TPSA) is 192 Å². The number of benzene rings is 3. The molecule has 0 fully saturated rings. The molecule has 0 aliphatic carbocycles. The highest BCUT2D eigenvalue weighted by molar-refractivity contribution is 9.10. The summed E-state index contributed by atoms with van der Waals surface area (Å²) in [6.07, 6.45) is 0.281. The van der Waals surface area contributed by atoms with Crippen molar-refractivity contribution in [2.24, 2.45) is 5.10 Å². The molecule has 0 bridgehead atoms. The molecule has 2 amide bonds. The number of ether oxygens (including phenoxy) is 5. The maximum absolute atomic E-state index is 12.5. The molecule has 1 aliphatic heterocycles. The number of nitro benzene ring substituents is 1. The molecule has 1 aliphatic rings. The molecule has 0 saturated carbocycles. The zero-order chi connectivity index (χ0) is 35.5. The number of rotatable bonds is 16. The second-order valence-corrected chi connectivity index (χ2v) is 11.2. The van der Waals surface area contributed by atoms with Crippen molar-refractivity contribution in [2.75, 3.05) is 26.9 Å². The normalized spacial score (nSPS) is 14.8. The van der Waals surface area contributed by atoms with Gasteiger partial charge in [0, 0.05) is 17.8 Å². The number of hydrogen-bond donors (Lipinski definition) is 4. The molecule has 2 atom stereocenters. The average Bonchev–Trinajstić information content (AvgIpc) is 3.07. The fourth-order valence-corrected chi connectivity index (χ4v) is 5.33. The quantitative estimate of drug-likeness (QED) is 0.0516. The number of esters is 1. The second kappa shape index (κ2) is 17.2. The summed E-state index contributed by atoms with van der Waals surface area (Å²) in [5, 5.41) is 30.9. The van der Waals surface area contributed by atoms with Crippen LogP contribution < -0.4 is 35.0 Å². The zero-order valence-electron chi connectivity index (χ0n) is 27.2. The number of aliphatic hydroxyl groups excluding tert-OH is 1. The van der Waals surface area contributed by atoms with Crippen molar-refractivity contribution < 1.29 is 43.3 Å². The van der Waals surface area contributed by atoms with Crippen LogP contribution in [0.25, 0.3) is 0 Å². The molecule has 15 nitrogen and oxygen atoms in total. The molecule has 16 heteroatoms. The number of nitrogens with one attached hydrogen (secondary N) is 3. The molecule has 260 valence electrons. The van der Waals surface area contributed by atoms with E-state index < -0.39 is 29.2 Å². The summed E-state index contributed by atoms with van der Waals surface area (Å²) in [4.78, 5) is 35.1. The number of carbonyl (C=O) groups is 2. The summed E-state index contributed by atoms with van der Waals surface area (Å²) in [6, 6.07) is 13.2. The number of nitro groups is 1. The Morgan fingerprint density at radius 1 is 1.06 bits per heavy atom. The Labute approximate surface area is 290 Å². The summed E-state index contributed by atoms with van der Waals surface area (Å²) >= 11 is 3.51. The number of halogens is 1. The molecule has 3 aromatic rings. The number of methoxy groups -OCH3 is 1. The van der Waals surface area contributed by atoms with Gasteiger partial charge in [-0.15, -0.1) is 0 Å². The van der Waals surface area contributed by atoms with Gasteiger partial charge in [-0.1, -0.05) is 6.07 Å². The molecule has 0 radical (unpaired) electrons. The average molecular weight is 743 g/mol. The van der Waals surface area contributed by atoms with Gasteiger partial charge in [-0.3, -0.25) is 15.5 Å². The summed E-state index contributed by atoms with van der Waals surface area (Å²) in [5.41, 5.74) is 5.16. The van der Waals surface area contributed by atoms with Crippen molar-refractivity contribution in [3.63, 3.8) is 0 Å². The lowest BCUT2D eigenvalue weighted by Gasteiger charge is -2.28. The Kier molecular flexibility index (Phi) is 12.8. The fourth-order valence-electron chi connectivity index (χ4n) is 4.75. The number of hydrogen-bond acceptors (Lipinski definition) is 12. The molecule has 0 saturated heterocycles. The Morgan fingerprint density at radius 2 is 1.78 bits per heavy atom. The van der Waals surface area contributed by atoms with Crippen molar-refractivity contribution in [3.8, 4) is 23.0 Å². The minimum atomic E-state index is -1.20. The third-order valence-electron chi connectivity index (χ3n) is 6.97. The first-order valence-electron chi connectivity index (χ1n) is 15.1. The van der Waals surface area contributed by atoms with E-state index in [1.807, 2.05) is 6.92 Å². The van der Waals surface area contributed by atoms with E-state index in [4.69, 9.17) is 23.7 Å². The van der Waals surface area contributed by atoms with Gasteiger partial charge in [-0.2, -0.15) is 5.10 Å². The van der Waals surface area contributed by atoms with Gasteiger partial charge < -0.3 is 39.4 Å². The van der Waals surface area contributed by atoms with E-state index in [1.165, 1.54) is 25.5 Å². The number of amides is 2. The summed E-state index contributed by atoms with van der Waals surface area (Å²) in [6.45, 7) is 5.88. The largest absolute Gasteiger partial charge is 0.490 e. The highest BCUT2D eigenvalue weighted by atomic mass is 79.9. The van der Waals surface area contributed by atoms with Crippen LogP contribution in [0.3, 0.4) is 0 Å². The molecule has 4 N–H and O–H groups in total. The number of allylic oxidation sites excluding steroid dienone is 1. The lowest BCUT2D eigenvalue weighted by atomic mass is 9.95. The standard InChI is InChI=1S/C33H36BrN5O10/c1-5-46-26-15-22(30-29(32(41)45-4)19(3)36-33(42)37-30)9-12-25(26)48-18-28(40)38-35-16-21-13-24(34)31(27(14-21)47-6-2)49-17-20-7-10-23(11-8-20)39(43)44/h7-16,28,30,38,40H,5-6,17-18H2,1-4H3,(H2,36,37,42)/b35-16-/t28-,30+/m1/s1. The van der Waals surface area contributed by atoms with Crippen LogP contribution in [-0.4, -0.2) is 61.4 Å². The van der Waals surface area contributed by atoms with E-state index in [0.29, 0.717) is 57.5 Å².